The maximum Gasteiger partial charge on any atom is 0.226 e. The lowest BCUT2D eigenvalue weighted by Gasteiger charge is -2.27. The lowest BCUT2D eigenvalue weighted by atomic mass is 9.83. The molecule has 2 aromatic rings. The smallest absolute Gasteiger partial charge is 0.226 e. The van der Waals surface area contributed by atoms with Crippen LogP contribution in [0.3, 0.4) is 0 Å². The number of oxazole rings is 1. The Bertz CT molecular complexity index is 798. The van der Waals surface area contributed by atoms with Gasteiger partial charge in [0.25, 0.3) is 0 Å². The number of benzene rings is 1. The zero-order valence-corrected chi connectivity index (χ0v) is 21.4. The summed E-state index contributed by atoms with van der Waals surface area (Å²) in [6.45, 7) is 7.45. The van der Waals surface area contributed by atoms with Gasteiger partial charge in [-0.05, 0) is 50.7 Å². The molecule has 172 valence electrons. The Labute approximate surface area is 203 Å². The van der Waals surface area contributed by atoms with Gasteiger partial charge in [-0.3, -0.25) is 4.99 Å². The second kappa shape index (κ2) is 13.1. The molecule has 1 fully saturated rings. The highest BCUT2D eigenvalue weighted by Crippen LogP contribution is 2.41. The van der Waals surface area contributed by atoms with Gasteiger partial charge in [0.1, 0.15) is 6.26 Å². The van der Waals surface area contributed by atoms with E-state index in [1.54, 1.807) is 13.4 Å². The topological polar surface area (TPSA) is 71.7 Å². The Morgan fingerprint density at radius 1 is 1.19 bits per heavy atom. The molecule has 0 spiro atoms. The first-order valence-corrected chi connectivity index (χ1v) is 11.2. The van der Waals surface area contributed by atoms with Crippen LogP contribution < -0.4 is 10.6 Å². The van der Waals surface area contributed by atoms with Gasteiger partial charge < -0.3 is 19.8 Å². The quantitative estimate of drug-likeness (QED) is 0.253. The van der Waals surface area contributed by atoms with Crippen LogP contribution in [0.2, 0.25) is 0 Å². The molecule has 2 N–H and O–H groups in total. The summed E-state index contributed by atoms with van der Waals surface area (Å²) < 4.78 is 11.0. The second-order valence-corrected chi connectivity index (χ2v) is 8.33. The highest BCUT2D eigenvalue weighted by Gasteiger charge is 2.33. The molecule has 0 radical (unpaired) electrons. The van der Waals surface area contributed by atoms with Crippen molar-refractivity contribution in [3.05, 3.63) is 41.8 Å². The molecule has 6 nitrogen and oxygen atoms in total. The van der Waals surface area contributed by atoms with Gasteiger partial charge in [0.05, 0.1) is 5.69 Å². The number of ether oxygens (including phenoxy) is 1. The summed E-state index contributed by atoms with van der Waals surface area (Å²) in [6.07, 6.45) is 8.73. The van der Waals surface area contributed by atoms with Crippen LogP contribution in [0.1, 0.15) is 50.3 Å². The molecule has 1 aromatic carbocycles. The van der Waals surface area contributed by atoms with Gasteiger partial charge in [-0.1, -0.05) is 30.5 Å². The van der Waals surface area contributed by atoms with Crippen LogP contribution in [-0.2, 0) is 11.2 Å². The number of aryl methyl sites for hydroxylation is 1. The third-order valence-corrected chi connectivity index (χ3v) is 5.94. The van der Waals surface area contributed by atoms with Crippen LogP contribution in [0, 0.1) is 12.3 Å². The van der Waals surface area contributed by atoms with Crippen LogP contribution in [0.5, 0.6) is 0 Å². The summed E-state index contributed by atoms with van der Waals surface area (Å²) >= 11 is 0. The SMILES string of the molecule is CCNC(=NCC1(CCOC)CCCC1)NCCc1coc(-c2ccc(C)cc2)n1.I. The zero-order chi connectivity index (χ0) is 21.2. The van der Waals surface area contributed by atoms with E-state index in [0.29, 0.717) is 11.3 Å². The predicted octanol–water partition coefficient (Wildman–Crippen LogP) is 4.96. The zero-order valence-electron chi connectivity index (χ0n) is 19.1. The van der Waals surface area contributed by atoms with Crippen molar-refractivity contribution in [2.45, 2.75) is 52.4 Å². The molecular weight excluding hydrogens is 503 g/mol. The summed E-state index contributed by atoms with van der Waals surface area (Å²) in [6, 6.07) is 8.23. The maximum atomic E-state index is 5.66. The van der Waals surface area contributed by atoms with E-state index in [4.69, 9.17) is 14.1 Å². The molecule has 0 aliphatic heterocycles. The number of methoxy groups -OCH3 is 1. The van der Waals surface area contributed by atoms with Crippen molar-refractivity contribution in [3.8, 4) is 11.5 Å². The molecule has 1 aliphatic carbocycles. The lowest BCUT2D eigenvalue weighted by Crippen LogP contribution is -2.39. The number of nitrogens with one attached hydrogen (secondary N) is 2. The average molecular weight is 540 g/mol. The summed E-state index contributed by atoms with van der Waals surface area (Å²) in [5, 5.41) is 6.82. The number of guanidine groups is 1. The van der Waals surface area contributed by atoms with Crippen LogP contribution in [-0.4, -0.2) is 44.3 Å². The Morgan fingerprint density at radius 2 is 1.94 bits per heavy atom. The van der Waals surface area contributed by atoms with Crippen molar-refractivity contribution in [1.82, 2.24) is 15.6 Å². The minimum atomic E-state index is 0. The number of hydrogen-bond donors (Lipinski definition) is 2. The Hall–Kier alpha value is -1.61. The molecule has 1 saturated carbocycles. The third kappa shape index (κ3) is 7.79. The van der Waals surface area contributed by atoms with E-state index in [0.717, 1.165) is 56.3 Å². The fraction of sp³-hybridized carbons (Fsp3) is 0.583. The lowest BCUT2D eigenvalue weighted by molar-refractivity contribution is 0.141. The van der Waals surface area contributed by atoms with E-state index in [2.05, 4.69) is 41.6 Å². The largest absolute Gasteiger partial charge is 0.444 e. The normalized spacial score (nSPS) is 15.5. The van der Waals surface area contributed by atoms with Crippen LogP contribution >= 0.6 is 24.0 Å². The molecule has 3 rings (SSSR count). The first-order chi connectivity index (χ1) is 14.6. The average Bonchev–Trinajstić information content (AvgIpc) is 3.41. The molecule has 0 saturated heterocycles. The van der Waals surface area contributed by atoms with Crippen molar-refractivity contribution in [2.75, 3.05) is 33.4 Å². The second-order valence-electron chi connectivity index (χ2n) is 8.33. The molecule has 1 aromatic heterocycles. The van der Waals surface area contributed by atoms with Gasteiger partial charge >= 0.3 is 0 Å². The highest BCUT2D eigenvalue weighted by molar-refractivity contribution is 14.0. The first-order valence-electron chi connectivity index (χ1n) is 11.2. The molecule has 0 atom stereocenters. The van der Waals surface area contributed by atoms with Crippen molar-refractivity contribution >= 4 is 29.9 Å². The standard InChI is InChI=1S/C24H36N4O2.HI/c1-4-25-23(27-18-24(14-16-29-3)12-5-6-13-24)26-15-11-21-17-30-22(28-21)20-9-7-19(2)8-10-20;/h7-10,17H,4-6,11-16,18H2,1-3H3,(H2,25,26,27);1H. The van der Waals surface area contributed by atoms with E-state index in [1.165, 1.54) is 31.2 Å². The number of nitrogens with zero attached hydrogens (tertiary/aromatic N) is 2. The first kappa shape index (κ1) is 25.6. The molecule has 7 heteroatoms. The monoisotopic (exact) mass is 540 g/mol. The van der Waals surface area contributed by atoms with E-state index in [9.17, 15) is 0 Å². The number of aliphatic imine (C=N–C) groups is 1. The van der Waals surface area contributed by atoms with Crippen molar-refractivity contribution < 1.29 is 9.15 Å². The van der Waals surface area contributed by atoms with Gasteiger partial charge in [0.15, 0.2) is 5.96 Å². The van der Waals surface area contributed by atoms with E-state index in [-0.39, 0.29) is 24.0 Å². The Kier molecular flexibility index (Phi) is 10.8. The fourth-order valence-corrected chi connectivity index (χ4v) is 4.08. The highest BCUT2D eigenvalue weighted by atomic mass is 127. The number of hydrogen-bond acceptors (Lipinski definition) is 4. The summed E-state index contributed by atoms with van der Waals surface area (Å²) in [5.41, 5.74) is 3.48. The molecule has 1 heterocycles. The molecular formula is C24H37IN4O2. The maximum absolute atomic E-state index is 5.66. The van der Waals surface area contributed by atoms with Gasteiger partial charge in [-0.2, -0.15) is 0 Å². The van der Waals surface area contributed by atoms with E-state index < -0.39 is 0 Å². The van der Waals surface area contributed by atoms with E-state index in [1.807, 2.05) is 12.1 Å². The minimum absolute atomic E-state index is 0. The van der Waals surface area contributed by atoms with Crippen molar-refractivity contribution in [1.29, 1.82) is 0 Å². The summed E-state index contributed by atoms with van der Waals surface area (Å²) in [4.78, 5) is 9.53. The van der Waals surface area contributed by atoms with Crippen molar-refractivity contribution in [2.24, 2.45) is 10.4 Å². The summed E-state index contributed by atoms with van der Waals surface area (Å²) in [7, 11) is 1.78. The molecule has 0 amide bonds. The minimum Gasteiger partial charge on any atom is -0.444 e. The van der Waals surface area contributed by atoms with Crippen LogP contribution in [0.15, 0.2) is 39.9 Å². The summed E-state index contributed by atoms with van der Waals surface area (Å²) in [5.74, 6) is 1.55. The molecule has 31 heavy (non-hydrogen) atoms. The van der Waals surface area contributed by atoms with Gasteiger partial charge in [0, 0.05) is 45.3 Å². The Morgan fingerprint density at radius 3 is 2.61 bits per heavy atom. The third-order valence-electron chi connectivity index (χ3n) is 5.94. The molecule has 0 unspecified atom stereocenters. The van der Waals surface area contributed by atoms with Gasteiger partial charge in [-0.15, -0.1) is 24.0 Å². The number of aromatic nitrogens is 1. The van der Waals surface area contributed by atoms with Crippen LogP contribution in [0.4, 0.5) is 0 Å². The number of rotatable bonds is 10. The van der Waals surface area contributed by atoms with Gasteiger partial charge in [-0.25, -0.2) is 4.98 Å². The van der Waals surface area contributed by atoms with Crippen LogP contribution in [0.25, 0.3) is 11.5 Å². The predicted molar refractivity (Wildman–Crippen MR) is 137 cm³/mol. The number of halogens is 1. The van der Waals surface area contributed by atoms with Crippen molar-refractivity contribution in [3.63, 3.8) is 0 Å². The molecule has 0 bridgehead atoms. The fourth-order valence-electron chi connectivity index (χ4n) is 4.08. The molecule has 1 aliphatic rings. The van der Waals surface area contributed by atoms with Gasteiger partial charge in [0.2, 0.25) is 5.89 Å². The van der Waals surface area contributed by atoms with E-state index >= 15 is 0 Å². The Balaban J connectivity index is 0.00000341.